The molecule has 6 nitrogen and oxygen atoms in total. The fourth-order valence-electron chi connectivity index (χ4n) is 2.39. The van der Waals surface area contributed by atoms with Crippen LogP contribution in [0.3, 0.4) is 0 Å². The topological polar surface area (TPSA) is 90.7 Å². The van der Waals surface area contributed by atoms with Crippen LogP contribution in [0, 0.1) is 5.92 Å². The molecule has 1 aromatic rings. The Morgan fingerprint density at radius 1 is 1.22 bits per heavy atom. The Hall–Kier alpha value is -2.08. The molecule has 0 bridgehead atoms. The lowest BCUT2D eigenvalue weighted by atomic mass is 10.1. The first-order valence-corrected chi connectivity index (χ1v) is 7.82. The summed E-state index contributed by atoms with van der Waals surface area (Å²) in [4.78, 5) is 24.0. The minimum atomic E-state index is -0.144. The first-order valence-electron chi connectivity index (χ1n) is 7.82. The van der Waals surface area contributed by atoms with Crippen molar-refractivity contribution in [1.29, 1.82) is 0 Å². The molecule has 0 radical (unpaired) electrons. The van der Waals surface area contributed by atoms with E-state index < -0.39 is 0 Å². The molecule has 0 spiro atoms. The van der Waals surface area contributed by atoms with Gasteiger partial charge in [-0.25, -0.2) is 0 Å². The van der Waals surface area contributed by atoms with Gasteiger partial charge >= 0.3 is 0 Å². The summed E-state index contributed by atoms with van der Waals surface area (Å²) < 4.78 is 10.3. The van der Waals surface area contributed by atoms with Crippen molar-refractivity contribution in [2.45, 2.75) is 31.7 Å². The smallest absolute Gasteiger partial charge is 0.220 e. The number of methoxy groups -OCH3 is 2. The second-order valence-corrected chi connectivity index (χ2v) is 5.80. The van der Waals surface area contributed by atoms with E-state index in [4.69, 9.17) is 15.2 Å². The maximum absolute atomic E-state index is 12.2. The normalized spacial score (nSPS) is 14.9. The summed E-state index contributed by atoms with van der Waals surface area (Å²) in [5.41, 5.74) is 6.43. The quantitative estimate of drug-likeness (QED) is 0.673. The van der Waals surface area contributed by atoms with E-state index in [9.17, 15) is 9.59 Å². The summed E-state index contributed by atoms with van der Waals surface area (Å²) in [6.07, 6.45) is 2.61. The van der Waals surface area contributed by atoms with E-state index in [0.717, 1.165) is 12.8 Å². The highest BCUT2D eigenvalue weighted by atomic mass is 16.5. The molecule has 1 aromatic carbocycles. The summed E-state index contributed by atoms with van der Waals surface area (Å²) in [6, 6.07) is 5.01. The molecule has 1 fully saturated rings. The van der Waals surface area contributed by atoms with Crippen LogP contribution in [0.5, 0.6) is 11.5 Å². The second kappa shape index (κ2) is 7.97. The lowest BCUT2D eigenvalue weighted by molar-refractivity contribution is -0.121. The Morgan fingerprint density at radius 2 is 1.91 bits per heavy atom. The third kappa shape index (κ3) is 4.96. The van der Waals surface area contributed by atoms with Gasteiger partial charge in [-0.15, -0.1) is 0 Å². The van der Waals surface area contributed by atoms with E-state index in [1.54, 1.807) is 18.2 Å². The van der Waals surface area contributed by atoms with Crippen LogP contribution < -0.4 is 20.5 Å². The standard InChI is InChI=1S/C17H24N2O4/c1-22-15-7-5-12(9-16(15)23-2)14(20)6-8-17(21)19-10-13(18)11-3-4-11/h5,7,9,11,13H,3-4,6,8,10,18H2,1-2H3,(H,19,21). The molecule has 23 heavy (non-hydrogen) atoms. The van der Waals surface area contributed by atoms with Crippen LogP contribution in [0.25, 0.3) is 0 Å². The van der Waals surface area contributed by atoms with Crippen molar-refractivity contribution in [3.8, 4) is 11.5 Å². The van der Waals surface area contributed by atoms with E-state index in [-0.39, 0.29) is 30.6 Å². The van der Waals surface area contributed by atoms with Gasteiger partial charge in [-0.1, -0.05) is 0 Å². The maximum atomic E-state index is 12.2. The van der Waals surface area contributed by atoms with Gasteiger partial charge in [-0.05, 0) is 37.0 Å². The van der Waals surface area contributed by atoms with Crippen molar-refractivity contribution in [3.05, 3.63) is 23.8 Å². The van der Waals surface area contributed by atoms with E-state index >= 15 is 0 Å². The third-order valence-corrected chi connectivity index (χ3v) is 4.05. The monoisotopic (exact) mass is 320 g/mol. The molecule has 1 aliphatic carbocycles. The highest BCUT2D eigenvalue weighted by Gasteiger charge is 2.28. The number of Topliss-reactive ketones (excluding diaryl/α,β-unsaturated/α-hetero) is 1. The average Bonchev–Trinajstić information content (AvgIpc) is 3.41. The van der Waals surface area contributed by atoms with E-state index in [2.05, 4.69) is 5.32 Å². The van der Waals surface area contributed by atoms with Crippen LogP contribution >= 0.6 is 0 Å². The lowest BCUT2D eigenvalue weighted by Crippen LogP contribution is -2.38. The van der Waals surface area contributed by atoms with Gasteiger partial charge in [0.2, 0.25) is 5.91 Å². The molecule has 0 aromatic heterocycles. The number of carbonyl (C=O) groups is 2. The number of nitrogens with two attached hydrogens (primary N) is 1. The molecule has 1 amide bonds. The fourth-order valence-corrected chi connectivity index (χ4v) is 2.39. The number of nitrogens with one attached hydrogen (secondary N) is 1. The number of hydrogen-bond donors (Lipinski definition) is 2. The fraction of sp³-hybridized carbons (Fsp3) is 0.529. The molecule has 0 aliphatic heterocycles. The molecule has 1 saturated carbocycles. The predicted molar refractivity (Wildman–Crippen MR) is 86.8 cm³/mol. The van der Waals surface area contributed by atoms with E-state index in [1.165, 1.54) is 14.2 Å². The van der Waals surface area contributed by atoms with Crippen LogP contribution in [-0.2, 0) is 4.79 Å². The first-order chi connectivity index (χ1) is 11.0. The number of amides is 1. The van der Waals surface area contributed by atoms with E-state index in [0.29, 0.717) is 29.5 Å². The Morgan fingerprint density at radius 3 is 2.52 bits per heavy atom. The Bertz CT molecular complexity index is 570. The van der Waals surface area contributed by atoms with Gasteiger partial charge in [0, 0.05) is 31.0 Å². The molecule has 1 unspecified atom stereocenters. The van der Waals surface area contributed by atoms with Crippen LogP contribution in [-0.4, -0.2) is 38.5 Å². The summed E-state index contributed by atoms with van der Waals surface area (Å²) in [5.74, 6) is 1.36. The summed E-state index contributed by atoms with van der Waals surface area (Å²) in [6.45, 7) is 0.480. The maximum Gasteiger partial charge on any atom is 0.220 e. The van der Waals surface area contributed by atoms with Crippen molar-refractivity contribution in [3.63, 3.8) is 0 Å². The molecule has 0 saturated heterocycles. The van der Waals surface area contributed by atoms with Gasteiger partial charge in [0.25, 0.3) is 0 Å². The highest BCUT2D eigenvalue weighted by molar-refractivity contribution is 5.98. The SMILES string of the molecule is COc1ccc(C(=O)CCC(=O)NCC(N)C2CC2)cc1OC. The van der Waals surface area contributed by atoms with Crippen molar-refractivity contribution in [1.82, 2.24) is 5.32 Å². The minimum Gasteiger partial charge on any atom is -0.493 e. The molecule has 126 valence electrons. The summed E-state index contributed by atoms with van der Waals surface area (Å²) in [5, 5.41) is 2.79. The Balaban J connectivity index is 1.80. The zero-order valence-electron chi connectivity index (χ0n) is 13.6. The van der Waals surface area contributed by atoms with Crippen molar-refractivity contribution in [2.75, 3.05) is 20.8 Å². The first kappa shape index (κ1) is 17.3. The van der Waals surface area contributed by atoms with Crippen molar-refractivity contribution < 1.29 is 19.1 Å². The van der Waals surface area contributed by atoms with Gasteiger partial charge in [0.15, 0.2) is 17.3 Å². The zero-order valence-corrected chi connectivity index (χ0v) is 13.6. The molecule has 2 rings (SSSR count). The molecule has 6 heteroatoms. The van der Waals surface area contributed by atoms with Gasteiger partial charge in [0.1, 0.15) is 0 Å². The van der Waals surface area contributed by atoms with Crippen molar-refractivity contribution in [2.24, 2.45) is 11.7 Å². The molecule has 1 aliphatic rings. The Kier molecular flexibility index (Phi) is 5.98. The Labute approximate surface area is 136 Å². The zero-order chi connectivity index (χ0) is 16.8. The lowest BCUT2D eigenvalue weighted by Gasteiger charge is -2.11. The number of ether oxygens (including phenoxy) is 2. The van der Waals surface area contributed by atoms with Gasteiger partial charge in [-0.2, -0.15) is 0 Å². The third-order valence-electron chi connectivity index (χ3n) is 4.05. The van der Waals surface area contributed by atoms with E-state index in [1.807, 2.05) is 0 Å². The van der Waals surface area contributed by atoms with Crippen LogP contribution in [0.4, 0.5) is 0 Å². The summed E-state index contributed by atoms with van der Waals surface area (Å²) >= 11 is 0. The molecular weight excluding hydrogens is 296 g/mol. The van der Waals surface area contributed by atoms with Crippen LogP contribution in [0.15, 0.2) is 18.2 Å². The summed E-state index contributed by atoms with van der Waals surface area (Å²) in [7, 11) is 3.05. The number of carbonyl (C=O) groups excluding carboxylic acids is 2. The van der Waals surface area contributed by atoms with Crippen LogP contribution in [0.2, 0.25) is 0 Å². The van der Waals surface area contributed by atoms with Gasteiger partial charge in [-0.3, -0.25) is 9.59 Å². The predicted octanol–water partition coefficient (Wildman–Crippen LogP) is 1.52. The van der Waals surface area contributed by atoms with Crippen molar-refractivity contribution >= 4 is 11.7 Å². The van der Waals surface area contributed by atoms with Gasteiger partial charge in [0.05, 0.1) is 14.2 Å². The molecular formula is C17H24N2O4. The average molecular weight is 320 g/mol. The van der Waals surface area contributed by atoms with Crippen LogP contribution in [0.1, 0.15) is 36.0 Å². The number of benzene rings is 1. The molecule has 3 N–H and O–H groups in total. The second-order valence-electron chi connectivity index (χ2n) is 5.80. The molecule has 0 heterocycles. The highest BCUT2D eigenvalue weighted by Crippen LogP contribution is 2.31. The van der Waals surface area contributed by atoms with Gasteiger partial charge < -0.3 is 20.5 Å². The number of rotatable bonds is 9. The minimum absolute atomic E-state index is 0.0282. The largest absolute Gasteiger partial charge is 0.493 e. The number of ketones is 1. The number of hydrogen-bond acceptors (Lipinski definition) is 5. The molecule has 1 atom stereocenters.